The molecule has 2 unspecified atom stereocenters. The number of esters is 1. The van der Waals surface area contributed by atoms with Crippen LogP contribution in [0.25, 0.3) is 11.1 Å². The Morgan fingerprint density at radius 1 is 0.805 bits per heavy atom. The van der Waals surface area contributed by atoms with Gasteiger partial charge < -0.3 is 19.9 Å². The van der Waals surface area contributed by atoms with Gasteiger partial charge in [-0.1, -0.05) is 60.7 Å². The van der Waals surface area contributed by atoms with E-state index in [4.69, 9.17) is 4.74 Å². The molecule has 4 aromatic carbocycles. The third kappa shape index (κ3) is 5.43. The lowest BCUT2D eigenvalue weighted by molar-refractivity contribution is -0.145. The summed E-state index contributed by atoms with van der Waals surface area (Å²) in [6, 6.07) is 32.5. The molecule has 2 amide bonds. The van der Waals surface area contributed by atoms with Crippen molar-refractivity contribution < 1.29 is 19.1 Å². The second-order valence-corrected chi connectivity index (χ2v) is 10.5. The topological polar surface area (TPSA) is 79.0 Å². The maximum atomic E-state index is 13.8. The second-order valence-electron chi connectivity index (χ2n) is 10.5. The van der Waals surface area contributed by atoms with Crippen molar-refractivity contribution in [2.24, 2.45) is 0 Å². The molecule has 2 aliphatic heterocycles. The summed E-state index contributed by atoms with van der Waals surface area (Å²) >= 11 is 0. The quantitative estimate of drug-likeness (QED) is 0.304. The third-order valence-corrected chi connectivity index (χ3v) is 7.77. The van der Waals surface area contributed by atoms with Crippen LogP contribution in [-0.2, 0) is 9.53 Å². The molecule has 0 saturated carbocycles. The monoisotopic (exact) mass is 545 g/mol. The number of nitrogens with one attached hydrogen (secondary N) is 1. The Morgan fingerprint density at radius 3 is 2.24 bits per heavy atom. The maximum absolute atomic E-state index is 13.8. The Hall–Kier alpha value is -4.91. The molecular formula is C34H31N3O4. The van der Waals surface area contributed by atoms with E-state index in [1.54, 1.807) is 24.3 Å². The summed E-state index contributed by atoms with van der Waals surface area (Å²) in [6.45, 7) is 2.61. The van der Waals surface area contributed by atoms with E-state index in [0.717, 1.165) is 35.3 Å². The van der Waals surface area contributed by atoms with E-state index in [-0.39, 0.29) is 29.9 Å². The summed E-state index contributed by atoms with van der Waals surface area (Å²) in [5, 5.41) is 2.98. The van der Waals surface area contributed by atoms with E-state index in [1.165, 1.54) is 6.92 Å². The van der Waals surface area contributed by atoms with Crippen LogP contribution in [0.5, 0.6) is 0 Å². The van der Waals surface area contributed by atoms with Crippen LogP contribution >= 0.6 is 0 Å². The van der Waals surface area contributed by atoms with Crippen LogP contribution in [0.15, 0.2) is 103 Å². The zero-order chi connectivity index (χ0) is 28.3. The first kappa shape index (κ1) is 26.3. The smallest absolute Gasteiger partial charge is 0.302 e. The molecule has 0 aromatic heterocycles. The van der Waals surface area contributed by atoms with Crippen LogP contribution in [0.4, 0.5) is 17.1 Å². The van der Waals surface area contributed by atoms with E-state index in [9.17, 15) is 14.4 Å². The first-order valence-electron chi connectivity index (χ1n) is 13.9. The number of carbonyl (C=O) groups is 3. The highest BCUT2D eigenvalue weighted by Crippen LogP contribution is 2.39. The minimum absolute atomic E-state index is 0.0949. The highest BCUT2D eigenvalue weighted by atomic mass is 16.5. The van der Waals surface area contributed by atoms with Gasteiger partial charge in [-0.05, 0) is 60.0 Å². The SMILES string of the molecule is CC(=O)OC1CC2CCN(C(=O)c3ccc(NC(=O)c4ccccc4-c4ccccc4)cc3)c3ccccc3N2C1. The maximum Gasteiger partial charge on any atom is 0.302 e. The van der Waals surface area contributed by atoms with Gasteiger partial charge in [-0.2, -0.15) is 0 Å². The number of carbonyl (C=O) groups excluding carboxylic acids is 3. The Morgan fingerprint density at radius 2 is 1.49 bits per heavy atom. The Balaban J connectivity index is 1.19. The molecule has 6 rings (SSSR count). The van der Waals surface area contributed by atoms with Crippen molar-refractivity contribution in [3.05, 3.63) is 114 Å². The lowest BCUT2D eigenvalue weighted by atomic mass is 9.99. The van der Waals surface area contributed by atoms with Crippen LogP contribution in [0.3, 0.4) is 0 Å². The fourth-order valence-electron chi connectivity index (χ4n) is 5.91. The predicted molar refractivity (Wildman–Crippen MR) is 160 cm³/mol. The van der Waals surface area contributed by atoms with Crippen LogP contribution in [-0.4, -0.2) is 43.0 Å². The number of amides is 2. The fraction of sp³-hybridized carbons (Fsp3) is 0.206. The lowest BCUT2D eigenvalue weighted by Gasteiger charge is -2.26. The lowest BCUT2D eigenvalue weighted by Crippen LogP contribution is -2.32. The summed E-state index contributed by atoms with van der Waals surface area (Å²) < 4.78 is 5.51. The largest absolute Gasteiger partial charge is 0.461 e. The van der Waals surface area contributed by atoms with E-state index in [0.29, 0.717) is 29.9 Å². The molecule has 2 atom stereocenters. The minimum Gasteiger partial charge on any atom is -0.461 e. The van der Waals surface area contributed by atoms with Crippen molar-refractivity contribution >= 4 is 34.8 Å². The summed E-state index contributed by atoms with van der Waals surface area (Å²) in [5.74, 6) is -0.571. The molecule has 0 bridgehead atoms. The summed E-state index contributed by atoms with van der Waals surface area (Å²) in [6.07, 6.45) is 1.38. The van der Waals surface area contributed by atoms with Crippen molar-refractivity contribution in [1.82, 2.24) is 0 Å². The molecule has 1 saturated heterocycles. The second kappa shape index (κ2) is 11.3. The van der Waals surface area contributed by atoms with Gasteiger partial charge in [0.1, 0.15) is 6.10 Å². The van der Waals surface area contributed by atoms with Crippen molar-refractivity contribution in [2.75, 3.05) is 28.2 Å². The van der Waals surface area contributed by atoms with Gasteiger partial charge in [-0.3, -0.25) is 14.4 Å². The molecular weight excluding hydrogens is 514 g/mol. The number of fused-ring (bicyclic) bond motifs is 3. The van der Waals surface area contributed by atoms with Gasteiger partial charge >= 0.3 is 5.97 Å². The van der Waals surface area contributed by atoms with E-state index < -0.39 is 0 Å². The molecule has 7 nitrogen and oxygen atoms in total. The molecule has 7 heteroatoms. The van der Waals surface area contributed by atoms with Crippen molar-refractivity contribution in [1.29, 1.82) is 0 Å². The van der Waals surface area contributed by atoms with Gasteiger partial charge in [0.15, 0.2) is 0 Å². The summed E-state index contributed by atoms with van der Waals surface area (Å²) in [5.41, 5.74) is 5.38. The van der Waals surface area contributed by atoms with Crippen LogP contribution in [0.2, 0.25) is 0 Å². The standard InChI is InChI=1S/C34H31N3O4/c1-23(38)41-28-21-27-19-20-36(31-13-7-8-14-32(31)37(27)22-28)34(40)25-15-17-26(18-16-25)35-33(39)30-12-6-5-11-29(30)24-9-3-2-4-10-24/h2-18,27-28H,19-22H2,1H3,(H,35,39). The molecule has 1 N–H and O–H groups in total. The number of nitrogens with zero attached hydrogens (tertiary/aromatic N) is 2. The first-order valence-corrected chi connectivity index (χ1v) is 13.9. The number of ether oxygens (including phenoxy) is 1. The normalized spacial score (nSPS) is 17.7. The average molecular weight is 546 g/mol. The molecule has 0 radical (unpaired) electrons. The predicted octanol–water partition coefficient (Wildman–Crippen LogP) is 6.17. The van der Waals surface area contributed by atoms with Gasteiger partial charge in [0.05, 0.1) is 17.9 Å². The fourth-order valence-corrected chi connectivity index (χ4v) is 5.91. The average Bonchev–Trinajstić information content (AvgIpc) is 3.32. The molecule has 0 aliphatic carbocycles. The minimum atomic E-state index is -0.266. The van der Waals surface area contributed by atoms with Gasteiger partial charge in [-0.15, -0.1) is 0 Å². The van der Waals surface area contributed by atoms with E-state index in [1.807, 2.05) is 83.8 Å². The Labute approximate surface area is 239 Å². The third-order valence-electron chi connectivity index (χ3n) is 7.77. The van der Waals surface area contributed by atoms with Crippen molar-refractivity contribution in [2.45, 2.75) is 31.9 Å². The molecule has 2 aliphatic rings. The van der Waals surface area contributed by atoms with Crippen molar-refractivity contribution in [3.8, 4) is 11.1 Å². The zero-order valence-electron chi connectivity index (χ0n) is 22.8. The van der Waals surface area contributed by atoms with Crippen LogP contribution in [0.1, 0.15) is 40.5 Å². The summed E-state index contributed by atoms with van der Waals surface area (Å²) in [4.78, 5) is 42.6. The highest BCUT2D eigenvalue weighted by molar-refractivity contribution is 6.10. The van der Waals surface area contributed by atoms with Gasteiger partial charge in [0.2, 0.25) is 0 Å². The Bertz CT molecular complexity index is 1590. The Kier molecular flexibility index (Phi) is 7.25. The molecule has 0 spiro atoms. The number of benzene rings is 4. The van der Waals surface area contributed by atoms with Crippen LogP contribution in [0, 0.1) is 0 Å². The number of hydrogen-bond donors (Lipinski definition) is 1. The number of hydrogen-bond acceptors (Lipinski definition) is 5. The molecule has 1 fully saturated rings. The van der Waals surface area contributed by atoms with Crippen molar-refractivity contribution in [3.63, 3.8) is 0 Å². The number of para-hydroxylation sites is 2. The van der Waals surface area contributed by atoms with E-state index >= 15 is 0 Å². The van der Waals surface area contributed by atoms with Crippen LogP contribution < -0.4 is 15.1 Å². The molecule has 2 heterocycles. The zero-order valence-corrected chi connectivity index (χ0v) is 22.8. The summed E-state index contributed by atoms with van der Waals surface area (Å²) in [7, 11) is 0. The van der Waals surface area contributed by atoms with Gasteiger partial charge in [0.25, 0.3) is 11.8 Å². The molecule has 4 aromatic rings. The van der Waals surface area contributed by atoms with E-state index in [2.05, 4.69) is 10.2 Å². The highest BCUT2D eigenvalue weighted by Gasteiger charge is 2.38. The van der Waals surface area contributed by atoms with Gasteiger partial charge in [0, 0.05) is 42.7 Å². The number of anilines is 3. The van der Waals surface area contributed by atoms with Gasteiger partial charge in [-0.25, -0.2) is 0 Å². The molecule has 41 heavy (non-hydrogen) atoms. The molecule has 206 valence electrons. The number of rotatable bonds is 5. The first-order chi connectivity index (χ1) is 20.0.